The highest BCUT2D eigenvalue weighted by atomic mass is 35.5. The molecule has 116 valence electrons. The normalized spacial score (nSPS) is 15.0. The van der Waals surface area contributed by atoms with Gasteiger partial charge >= 0.3 is 0 Å². The summed E-state index contributed by atoms with van der Waals surface area (Å²) in [5.74, 6) is 0.819. The zero-order chi connectivity index (χ0) is 15.5. The number of anilines is 1. The second-order valence-corrected chi connectivity index (χ2v) is 6.14. The number of amides is 1. The number of hydrogen-bond donors (Lipinski definition) is 0. The molecule has 1 aliphatic rings. The van der Waals surface area contributed by atoms with Gasteiger partial charge in [0.05, 0.1) is 18.3 Å². The van der Waals surface area contributed by atoms with Gasteiger partial charge in [-0.1, -0.05) is 23.7 Å². The molecule has 7 heteroatoms. The van der Waals surface area contributed by atoms with Crippen molar-refractivity contribution in [2.75, 3.05) is 38.2 Å². The number of rotatable bonds is 3. The molecule has 0 radical (unpaired) electrons. The first-order chi connectivity index (χ1) is 10.7. The fraction of sp³-hybridized carbons (Fsp3) is 0.333. The summed E-state index contributed by atoms with van der Waals surface area (Å²) < 4.78 is 5.40. The minimum absolute atomic E-state index is 0.0350. The van der Waals surface area contributed by atoms with Crippen molar-refractivity contribution < 1.29 is 9.53 Å². The van der Waals surface area contributed by atoms with E-state index in [1.54, 1.807) is 12.6 Å². The number of piperazine rings is 1. The monoisotopic (exact) mass is 337 g/mol. The molecule has 0 aliphatic carbocycles. The van der Waals surface area contributed by atoms with Gasteiger partial charge < -0.3 is 14.5 Å². The zero-order valence-corrected chi connectivity index (χ0v) is 13.7. The molecule has 22 heavy (non-hydrogen) atoms. The fourth-order valence-electron chi connectivity index (χ4n) is 2.56. The second kappa shape index (κ2) is 6.54. The predicted molar refractivity (Wildman–Crippen MR) is 88.2 cm³/mol. The first kappa shape index (κ1) is 15.1. The molecular weight excluding hydrogens is 322 g/mol. The van der Waals surface area contributed by atoms with Crippen molar-refractivity contribution in [2.45, 2.75) is 0 Å². The lowest BCUT2D eigenvalue weighted by Crippen LogP contribution is -2.48. The average Bonchev–Trinajstić information content (AvgIpc) is 3.00. The quantitative estimate of drug-likeness (QED) is 0.864. The van der Waals surface area contributed by atoms with E-state index < -0.39 is 0 Å². The Morgan fingerprint density at radius 1 is 1.27 bits per heavy atom. The van der Waals surface area contributed by atoms with E-state index in [0.29, 0.717) is 23.1 Å². The van der Waals surface area contributed by atoms with Crippen molar-refractivity contribution in [3.8, 4) is 5.75 Å². The number of ether oxygens (including phenoxy) is 1. The second-order valence-electron chi connectivity index (χ2n) is 4.92. The molecule has 3 rings (SSSR count). The molecular formula is C15H16ClN3O2S. The molecule has 0 atom stereocenters. The van der Waals surface area contributed by atoms with E-state index >= 15 is 0 Å². The van der Waals surface area contributed by atoms with Crippen LogP contribution in [-0.4, -0.2) is 49.1 Å². The van der Waals surface area contributed by atoms with E-state index in [4.69, 9.17) is 16.3 Å². The Bertz CT molecular complexity index is 668. The molecule has 2 heterocycles. The van der Waals surface area contributed by atoms with Gasteiger partial charge in [0.1, 0.15) is 10.6 Å². The zero-order valence-electron chi connectivity index (χ0n) is 12.2. The predicted octanol–water partition coefficient (Wildman–Crippen LogP) is 2.77. The lowest BCUT2D eigenvalue weighted by atomic mass is 10.2. The number of thiazole rings is 1. The molecule has 1 aromatic heterocycles. The van der Waals surface area contributed by atoms with Crippen LogP contribution in [0.5, 0.6) is 5.75 Å². The van der Waals surface area contributed by atoms with E-state index in [9.17, 15) is 4.79 Å². The van der Waals surface area contributed by atoms with E-state index in [-0.39, 0.29) is 5.91 Å². The van der Waals surface area contributed by atoms with Gasteiger partial charge in [-0.15, -0.1) is 11.3 Å². The molecule has 5 nitrogen and oxygen atoms in total. The molecule has 0 unspecified atom stereocenters. The van der Waals surface area contributed by atoms with Crippen molar-refractivity contribution in [2.24, 2.45) is 0 Å². The average molecular weight is 338 g/mol. The van der Waals surface area contributed by atoms with Crippen LogP contribution < -0.4 is 9.64 Å². The van der Waals surface area contributed by atoms with Crippen LogP contribution in [-0.2, 0) is 0 Å². The van der Waals surface area contributed by atoms with Crippen LogP contribution in [0.1, 0.15) is 9.67 Å². The fourth-order valence-corrected chi connectivity index (χ4v) is 3.52. The summed E-state index contributed by atoms with van der Waals surface area (Å²) in [6.07, 6.45) is 0. The molecule has 1 aromatic carbocycles. The molecule has 1 amide bonds. The van der Waals surface area contributed by atoms with Crippen LogP contribution in [0.3, 0.4) is 0 Å². The van der Waals surface area contributed by atoms with Crippen LogP contribution in [0.4, 0.5) is 5.69 Å². The van der Waals surface area contributed by atoms with E-state index in [1.165, 1.54) is 11.3 Å². The number of carbonyl (C=O) groups excluding carboxylic acids is 1. The Kier molecular flexibility index (Phi) is 4.49. The van der Waals surface area contributed by atoms with Gasteiger partial charge in [-0.05, 0) is 12.1 Å². The summed E-state index contributed by atoms with van der Waals surface area (Å²) in [6, 6.07) is 7.93. The lowest BCUT2D eigenvalue weighted by Gasteiger charge is -2.36. The number of halogens is 1. The standard InChI is InChI=1S/C15H16ClN3O2S/c1-21-12-5-3-2-4-11(12)18-6-8-19(9-7-18)15(20)13-14(16)17-10-22-13/h2-5,10H,6-9H2,1H3. The molecule has 1 fully saturated rings. The van der Waals surface area contributed by atoms with Gasteiger partial charge in [0.25, 0.3) is 5.91 Å². The van der Waals surface area contributed by atoms with Gasteiger partial charge in [0.15, 0.2) is 5.15 Å². The van der Waals surface area contributed by atoms with Crippen molar-refractivity contribution in [3.05, 3.63) is 39.8 Å². The summed E-state index contributed by atoms with van der Waals surface area (Å²) in [4.78, 5) is 20.9. The van der Waals surface area contributed by atoms with Crippen molar-refractivity contribution in [1.29, 1.82) is 0 Å². The summed E-state index contributed by atoms with van der Waals surface area (Å²) in [5.41, 5.74) is 2.66. The molecule has 0 N–H and O–H groups in total. The third-order valence-electron chi connectivity index (χ3n) is 3.71. The Morgan fingerprint density at radius 3 is 2.64 bits per heavy atom. The SMILES string of the molecule is COc1ccccc1N1CCN(C(=O)c2scnc2Cl)CC1. The Balaban J connectivity index is 1.68. The maximum absolute atomic E-state index is 12.4. The van der Waals surface area contributed by atoms with Crippen molar-refractivity contribution >= 4 is 34.5 Å². The highest BCUT2D eigenvalue weighted by Gasteiger charge is 2.25. The molecule has 2 aromatic rings. The lowest BCUT2D eigenvalue weighted by molar-refractivity contribution is 0.0751. The Labute approximate surface area is 138 Å². The Hall–Kier alpha value is -1.79. The smallest absolute Gasteiger partial charge is 0.267 e. The number of benzene rings is 1. The number of nitrogens with zero attached hydrogens (tertiary/aromatic N) is 3. The first-order valence-electron chi connectivity index (χ1n) is 6.97. The summed E-state index contributed by atoms with van der Waals surface area (Å²) >= 11 is 7.23. The topological polar surface area (TPSA) is 45.7 Å². The Morgan fingerprint density at radius 2 is 2.00 bits per heavy atom. The number of carbonyl (C=O) groups is 1. The molecule has 1 saturated heterocycles. The summed E-state index contributed by atoms with van der Waals surface area (Å²) in [5, 5.41) is 0.294. The summed E-state index contributed by atoms with van der Waals surface area (Å²) in [7, 11) is 1.67. The minimum atomic E-state index is -0.0350. The third-order valence-corrected chi connectivity index (χ3v) is 4.92. The van der Waals surface area contributed by atoms with Crippen molar-refractivity contribution in [1.82, 2.24) is 9.88 Å². The first-order valence-corrected chi connectivity index (χ1v) is 8.22. The maximum Gasteiger partial charge on any atom is 0.267 e. The van der Waals surface area contributed by atoms with E-state index in [2.05, 4.69) is 9.88 Å². The number of methoxy groups -OCH3 is 1. The van der Waals surface area contributed by atoms with Gasteiger partial charge in [0, 0.05) is 26.2 Å². The highest BCUT2D eigenvalue weighted by Crippen LogP contribution is 2.29. The third kappa shape index (κ3) is 2.89. The van der Waals surface area contributed by atoms with Crippen LogP contribution in [0.25, 0.3) is 0 Å². The van der Waals surface area contributed by atoms with Gasteiger partial charge in [0.2, 0.25) is 0 Å². The summed E-state index contributed by atoms with van der Waals surface area (Å²) in [6.45, 7) is 2.85. The van der Waals surface area contributed by atoms with Crippen molar-refractivity contribution in [3.63, 3.8) is 0 Å². The minimum Gasteiger partial charge on any atom is -0.495 e. The number of para-hydroxylation sites is 2. The van der Waals surface area contributed by atoms with Crippen LogP contribution >= 0.6 is 22.9 Å². The van der Waals surface area contributed by atoms with Gasteiger partial charge in [-0.3, -0.25) is 4.79 Å². The largest absolute Gasteiger partial charge is 0.495 e. The number of hydrogen-bond acceptors (Lipinski definition) is 5. The van der Waals surface area contributed by atoms with Crippen LogP contribution in [0.15, 0.2) is 29.8 Å². The van der Waals surface area contributed by atoms with Gasteiger partial charge in [-0.25, -0.2) is 4.98 Å². The van der Waals surface area contributed by atoms with Gasteiger partial charge in [-0.2, -0.15) is 0 Å². The van der Waals surface area contributed by atoms with Crippen LogP contribution in [0, 0.1) is 0 Å². The highest BCUT2D eigenvalue weighted by molar-refractivity contribution is 7.12. The molecule has 0 spiro atoms. The molecule has 0 bridgehead atoms. The van der Waals surface area contributed by atoms with Crippen LogP contribution in [0.2, 0.25) is 5.15 Å². The molecule has 1 aliphatic heterocycles. The number of aromatic nitrogens is 1. The maximum atomic E-state index is 12.4. The molecule has 0 saturated carbocycles. The van der Waals surface area contributed by atoms with E-state index in [1.807, 2.05) is 29.2 Å². The van der Waals surface area contributed by atoms with E-state index in [0.717, 1.165) is 24.5 Å².